The van der Waals surface area contributed by atoms with Gasteiger partial charge in [0.15, 0.2) is 0 Å². The first-order chi connectivity index (χ1) is 7.68. The van der Waals surface area contributed by atoms with E-state index < -0.39 is 11.8 Å². The van der Waals surface area contributed by atoms with Crippen LogP contribution in [0.2, 0.25) is 0 Å². The van der Waals surface area contributed by atoms with Crippen molar-refractivity contribution in [3.63, 3.8) is 0 Å². The Morgan fingerprint density at radius 1 is 1.44 bits per heavy atom. The number of carboxylic acid groups (broad SMARTS) is 1. The van der Waals surface area contributed by atoms with Crippen molar-refractivity contribution < 1.29 is 14.3 Å². The van der Waals surface area contributed by atoms with E-state index in [9.17, 15) is 9.18 Å². The number of carboxylic acids is 1. The lowest BCUT2D eigenvalue weighted by molar-refractivity contribution is -0.136. The molecule has 0 saturated heterocycles. The minimum atomic E-state index is -0.973. The molecule has 1 aromatic heterocycles. The fourth-order valence-corrected chi connectivity index (χ4v) is 1.51. The van der Waals surface area contributed by atoms with E-state index in [1.807, 2.05) is 0 Å². The lowest BCUT2D eigenvalue weighted by Crippen LogP contribution is -2.00. The van der Waals surface area contributed by atoms with E-state index in [2.05, 4.69) is 10.2 Å². The van der Waals surface area contributed by atoms with Crippen molar-refractivity contribution >= 4 is 5.97 Å². The van der Waals surface area contributed by atoms with Crippen LogP contribution in [0.4, 0.5) is 4.39 Å². The molecule has 1 heterocycles. The Balaban J connectivity index is 2.45. The molecule has 2 rings (SSSR count). The highest BCUT2D eigenvalue weighted by Gasteiger charge is 2.13. The second kappa shape index (κ2) is 4.14. The highest BCUT2D eigenvalue weighted by Crippen LogP contribution is 2.23. The van der Waals surface area contributed by atoms with Gasteiger partial charge in [0.2, 0.25) is 0 Å². The summed E-state index contributed by atoms with van der Waals surface area (Å²) >= 11 is 0. The highest BCUT2D eigenvalue weighted by molar-refractivity contribution is 5.74. The van der Waals surface area contributed by atoms with Crippen molar-refractivity contribution in [2.24, 2.45) is 0 Å². The Morgan fingerprint density at radius 2 is 2.19 bits per heavy atom. The van der Waals surface area contributed by atoms with Gasteiger partial charge in [-0.1, -0.05) is 12.1 Å². The minimum absolute atomic E-state index is 0.180. The fourth-order valence-electron chi connectivity index (χ4n) is 1.51. The van der Waals surface area contributed by atoms with E-state index >= 15 is 0 Å². The van der Waals surface area contributed by atoms with Crippen molar-refractivity contribution in [2.75, 3.05) is 0 Å². The van der Waals surface area contributed by atoms with Crippen molar-refractivity contribution in [1.82, 2.24) is 10.2 Å². The summed E-state index contributed by atoms with van der Waals surface area (Å²) in [6.07, 6.45) is 1.22. The van der Waals surface area contributed by atoms with E-state index in [4.69, 9.17) is 5.11 Å². The smallest absolute Gasteiger partial charge is 0.307 e. The SMILES string of the molecule is O=C(O)Cc1cn[nH]c1-c1ccccc1F. The number of hydrogen-bond acceptors (Lipinski definition) is 2. The molecule has 4 nitrogen and oxygen atoms in total. The molecule has 5 heteroatoms. The number of nitrogens with zero attached hydrogens (tertiary/aromatic N) is 1. The van der Waals surface area contributed by atoms with E-state index in [1.54, 1.807) is 18.2 Å². The van der Waals surface area contributed by atoms with Crippen molar-refractivity contribution in [3.8, 4) is 11.3 Å². The van der Waals surface area contributed by atoms with Gasteiger partial charge in [-0.2, -0.15) is 5.10 Å². The number of hydrogen-bond donors (Lipinski definition) is 2. The van der Waals surface area contributed by atoms with Crippen molar-refractivity contribution in [3.05, 3.63) is 41.8 Å². The average molecular weight is 220 g/mol. The van der Waals surface area contributed by atoms with Crippen LogP contribution >= 0.6 is 0 Å². The first-order valence-electron chi connectivity index (χ1n) is 4.67. The summed E-state index contributed by atoms with van der Waals surface area (Å²) < 4.78 is 13.5. The van der Waals surface area contributed by atoms with Crippen LogP contribution < -0.4 is 0 Å². The molecule has 2 N–H and O–H groups in total. The van der Waals surface area contributed by atoms with E-state index in [0.717, 1.165) is 0 Å². The maximum atomic E-state index is 13.5. The zero-order chi connectivity index (χ0) is 11.5. The number of halogens is 1. The second-order valence-electron chi connectivity index (χ2n) is 3.32. The van der Waals surface area contributed by atoms with Gasteiger partial charge in [0.05, 0.1) is 18.3 Å². The molecule has 0 unspecified atom stereocenters. The van der Waals surface area contributed by atoms with Gasteiger partial charge in [-0.15, -0.1) is 0 Å². The summed E-state index contributed by atoms with van der Waals surface area (Å²) in [5.41, 5.74) is 1.22. The molecule has 1 aromatic carbocycles. The Kier molecular flexibility index (Phi) is 2.68. The Bertz CT molecular complexity index is 522. The van der Waals surface area contributed by atoms with Crippen LogP contribution in [0.15, 0.2) is 30.5 Å². The fraction of sp³-hybridized carbons (Fsp3) is 0.0909. The third-order valence-electron chi connectivity index (χ3n) is 2.20. The van der Waals surface area contributed by atoms with E-state index in [-0.39, 0.29) is 6.42 Å². The van der Waals surface area contributed by atoms with Crippen LogP contribution in [0.25, 0.3) is 11.3 Å². The number of rotatable bonds is 3. The van der Waals surface area contributed by atoms with Crippen LogP contribution in [-0.4, -0.2) is 21.3 Å². The number of aromatic nitrogens is 2. The van der Waals surface area contributed by atoms with Gasteiger partial charge in [0, 0.05) is 11.1 Å². The number of carbonyl (C=O) groups is 1. The Hall–Kier alpha value is -2.17. The van der Waals surface area contributed by atoms with Crippen LogP contribution in [0.1, 0.15) is 5.56 Å². The molecule has 0 atom stereocenters. The second-order valence-corrected chi connectivity index (χ2v) is 3.32. The highest BCUT2D eigenvalue weighted by atomic mass is 19.1. The molecular formula is C11H9FN2O2. The summed E-state index contributed by atoms with van der Waals surface area (Å²) in [5.74, 6) is -1.38. The third kappa shape index (κ3) is 1.93. The quantitative estimate of drug-likeness (QED) is 0.829. The predicted molar refractivity (Wildman–Crippen MR) is 55.3 cm³/mol. The van der Waals surface area contributed by atoms with Crippen LogP contribution in [-0.2, 0) is 11.2 Å². The molecule has 16 heavy (non-hydrogen) atoms. The van der Waals surface area contributed by atoms with Gasteiger partial charge in [0.1, 0.15) is 5.82 Å². The molecule has 0 radical (unpaired) electrons. The zero-order valence-electron chi connectivity index (χ0n) is 8.27. The van der Waals surface area contributed by atoms with E-state index in [1.165, 1.54) is 12.3 Å². The number of aliphatic carboxylic acids is 1. The summed E-state index contributed by atoms with van der Waals surface area (Å²) in [7, 11) is 0. The predicted octanol–water partition coefficient (Wildman–Crippen LogP) is 1.84. The summed E-state index contributed by atoms with van der Waals surface area (Å²) in [6.45, 7) is 0. The molecule has 0 aliphatic carbocycles. The molecular weight excluding hydrogens is 211 g/mol. The Morgan fingerprint density at radius 3 is 2.88 bits per heavy atom. The molecule has 0 saturated carbocycles. The molecule has 2 aromatic rings. The van der Waals surface area contributed by atoms with Crippen LogP contribution in [0, 0.1) is 5.82 Å². The van der Waals surface area contributed by atoms with Gasteiger partial charge < -0.3 is 5.11 Å². The van der Waals surface area contributed by atoms with E-state index in [0.29, 0.717) is 16.8 Å². The number of benzene rings is 1. The summed E-state index contributed by atoms with van der Waals surface area (Å²) in [6, 6.07) is 6.16. The number of aromatic amines is 1. The maximum Gasteiger partial charge on any atom is 0.307 e. The van der Waals surface area contributed by atoms with Crippen LogP contribution in [0.3, 0.4) is 0 Å². The molecule has 82 valence electrons. The first kappa shape index (κ1) is 10.4. The van der Waals surface area contributed by atoms with Crippen molar-refractivity contribution in [1.29, 1.82) is 0 Å². The standard InChI is InChI=1S/C11H9FN2O2/c12-9-4-2-1-3-8(9)11-7(5-10(15)16)6-13-14-11/h1-4,6H,5H2,(H,13,14)(H,15,16). The molecule has 0 fully saturated rings. The van der Waals surface area contributed by atoms with Gasteiger partial charge >= 0.3 is 5.97 Å². The number of H-pyrrole nitrogens is 1. The maximum absolute atomic E-state index is 13.5. The molecule has 0 aliphatic heterocycles. The lowest BCUT2D eigenvalue weighted by Gasteiger charge is -2.02. The average Bonchev–Trinajstić information content (AvgIpc) is 2.66. The van der Waals surface area contributed by atoms with Gasteiger partial charge in [-0.25, -0.2) is 4.39 Å². The minimum Gasteiger partial charge on any atom is -0.481 e. The van der Waals surface area contributed by atoms with Gasteiger partial charge in [-0.3, -0.25) is 9.89 Å². The summed E-state index contributed by atoms with van der Waals surface area (Å²) in [5, 5.41) is 15.0. The van der Waals surface area contributed by atoms with Crippen molar-refractivity contribution in [2.45, 2.75) is 6.42 Å². The summed E-state index contributed by atoms with van der Waals surface area (Å²) in [4.78, 5) is 10.6. The van der Waals surface area contributed by atoms with Crippen LogP contribution in [0.5, 0.6) is 0 Å². The molecule has 0 spiro atoms. The Labute approximate surface area is 90.7 Å². The molecule has 0 amide bonds. The van der Waals surface area contributed by atoms with Gasteiger partial charge in [-0.05, 0) is 12.1 Å². The number of nitrogens with one attached hydrogen (secondary N) is 1. The first-order valence-corrected chi connectivity index (χ1v) is 4.67. The van der Waals surface area contributed by atoms with Gasteiger partial charge in [0.25, 0.3) is 0 Å². The molecule has 0 aliphatic rings. The molecule has 0 bridgehead atoms. The largest absolute Gasteiger partial charge is 0.481 e. The normalized spacial score (nSPS) is 10.3. The third-order valence-corrected chi connectivity index (χ3v) is 2.20. The lowest BCUT2D eigenvalue weighted by atomic mass is 10.1. The topological polar surface area (TPSA) is 66.0 Å². The zero-order valence-corrected chi connectivity index (χ0v) is 8.27. The monoisotopic (exact) mass is 220 g/mol.